The van der Waals surface area contributed by atoms with Gasteiger partial charge < -0.3 is 5.73 Å². The summed E-state index contributed by atoms with van der Waals surface area (Å²) in [4.78, 5) is 8.76. The van der Waals surface area contributed by atoms with Crippen LogP contribution in [0, 0.1) is 6.92 Å². The lowest BCUT2D eigenvalue weighted by Crippen LogP contribution is -2.02. The van der Waals surface area contributed by atoms with Crippen LogP contribution >= 0.6 is 11.8 Å². The fraction of sp³-hybridized carbons (Fsp3) is 0.417. The molecule has 0 unspecified atom stereocenters. The van der Waals surface area contributed by atoms with Crippen molar-refractivity contribution in [3.8, 4) is 11.3 Å². The number of aryl methyl sites for hydroxylation is 1. The van der Waals surface area contributed by atoms with Gasteiger partial charge in [0.1, 0.15) is 0 Å². The molecule has 2 heterocycles. The third kappa shape index (κ3) is 2.70. The average molecular weight is 263 g/mol. The average Bonchev–Trinajstić information content (AvgIpc) is 2.78. The van der Waals surface area contributed by atoms with Gasteiger partial charge in [0.2, 0.25) is 0 Å². The van der Waals surface area contributed by atoms with Crippen molar-refractivity contribution in [1.29, 1.82) is 0 Å². The summed E-state index contributed by atoms with van der Waals surface area (Å²) in [6, 6.07) is 1.91. The van der Waals surface area contributed by atoms with E-state index in [1.165, 1.54) is 0 Å². The van der Waals surface area contributed by atoms with E-state index in [2.05, 4.69) is 28.9 Å². The minimum atomic E-state index is 0.630. The van der Waals surface area contributed by atoms with Crippen LogP contribution in [0.15, 0.2) is 23.6 Å². The summed E-state index contributed by atoms with van der Waals surface area (Å²) in [5.74, 6) is 0.830. The molecule has 2 aromatic heterocycles. The zero-order valence-corrected chi connectivity index (χ0v) is 11.4. The minimum absolute atomic E-state index is 0.630. The van der Waals surface area contributed by atoms with Crippen molar-refractivity contribution in [1.82, 2.24) is 19.7 Å². The molecule has 0 aromatic carbocycles. The minimum Gasteiger partial charge on any atom is -0.330 e. The Morgan fingerprint density at radius 3 is 2.94 bits per heavy atom. The molecule has 0 aliphatic carbocycles. The molecule has 2 rings (SSSR count). The van der Waals surface area contributed by atoms with E-state index in [1.807, 2.05) is 16.9 Å². The third-order valence-electron chi connectivity index (χ3n) is 2.66. The fourth-order valence-corrected chi connectivity index (χ4v) is 2.33. The molecule has 0 fully saturated rings. The molecule has 6 heteroatoms. The van der Waals surface area contributed by atoms with Crippen molar-refractivity contribution in [3.05, 3.63) is 24.2 Å². The predicted octanol–water partition coefficient (Wildman–Crippen LogP) is 1.72. The van der Waals surface area contributed by atoms with Gasteiger partial charge in [0.15, 0.2) is 5.16 Å². The van der Waals surface area contributed by atoms with Gasteiger partial charge in [-0.2, -0.15) is 5.10 Å². The van der Waals surface area contributed by atoms with Crippen molar-refractivity contribution >= 4 is 11.8 Å². The monoisotopic (exact) mass is 263 g/mol. The van der Waals surface area contributed by atoms with Gasteiger partial charge in [0.25, 0.3) is 0 Å². The van der Waals surface area contributed by atoms with E-state index in [9.17, 15) is 0 Å². The SMILES string of the molecule is CCn1ncc(-c2ccnc(SCCN)n2)c1C. The van der Waals surface area contributed by atoms with Crippen molar-refractivity contribution in [2.45, 2.75) is 25.5 Å². The standard InChI is InChI=1S/C12H17N5S/c1-3-17-9(2)10(8-15-17)11-4-6-14-12(16-11)18-7-5-13/h4,6,8H,3,5,7,13H2,1-2H3. The lowest BCUT2D eigenvalue weighted by Gasteiger charge is -2.03. The summed E-state index contributed by atoms with van der Waals surface area (Å²) in [6.07, 6.45) is 3.64. The van der Waals surface area contributed by atoms with E-state index in [0.29, 0.717) is 6.54 Å². The van der Waals surface area contributed by atoms with Crippen LogP contribution in [0.1, 0.15) is 12.6 Å². The van der Waals surface area contributed by atoms with E-state index in [-0.39, 0.29) is 0 Å². The summed E-state index contributed by atoms with van der Waals surface area (Å²) in [5.41, 5.74) is 8.59. The maximum Gasteiger partial charge on any atom is 0.188 e. The van der Waals surface area contributed by atoms with Gasteiger partial charge in [-0.3, -0.25) is 4.68 Å². The predicted molar refractivity (Wildman–Crippen MR) is 73.4 cm³/mol. The molecule has 0 aliphatic heterocycles. The maximum atomic E-state index is 5.48. The molecule has 0 atom stereocenters. The number of thioether (sulfide) groups is 1. The van der Waals surface area contributed by atoms with Crippen LogP contribution < -0.4 is 5.73 Å². The molecule has 0 saturated carbocycles. The van der Waals surface area contributed by atoms with Crippen molar-refractivity contribution in [3.63, 3.8) is 0 Å². The van der Waals surface area contributed by atoms with E-state index in [1.54, 1.807) is 18.0 Å². The van der Waals surface area contributed by atoms with Crippen LogP contribution in [-0.2, 0) is 6.54 Å². The number of hydrogen-bond acceptors (Lipinski definition) is 5. The van der Waals surface area contributed by atoms with E-state index in [4.69, 9.17) is 5.73 Å². The highest BCUT2D eigenvalue weighted by atomic mass is 32.2. The van der Waals surface area contributed by atoms with Crippen LogP contribution in [-0.4, -0.2) is 32.0 Å². The quantitative estimate of drug-likeness (QED) is 0.657. The molecule has 0 amide bonds. The number of aromatic nitrogens is 4. The molecule has 0 radical (unpaired) electrons. The first kappa shape index (κ1) is 13.0. The maximum absolute atomic E-state index is 5.48. The second-order valence-corrected chi connectivity index (χ2v) is 4.88. The van der Waals surface area contributed by atoms with Gasteiger partial charge in [-0.1, -0.05) is 11.8 Å². The molecule has 5 nitrogen and oxygen atoms in total. The van der Waals surface area contributed by atoms with Crippen LogP contribution in [0.5, 0.6) is 0 Å². The van der Waals surface area contributed by atoms with Gasteiger partial charge in [-0.05, 0) is 19.9 Å². The third-order valence-corrected chi connectivity index (χ3v) is 3.56. The highest BCUT2D eigenvalue weighted by Crippen LogP contribution is 2.22. The zero-order valence-electron chi connectivity index (χ0n) is 10.6. The summed E-state index contributed by atoms with van der Waals surface area (Å²) in [5, 5.41) is 5.10. The van der Waals surface area contributed by atoms with Crippen LogP contribution in [0.3, 0.4) is 0 Å². The summed E-state index contributed by atoms with van der Waals surface area (Å²) >= 11 is 1.57. The van der Waals surface area contributed by atoms with Crippen LogP contribution in [0.2, 0.25) is 0 Å². The van der Waals surface area contributed by atoms with Crippen LogP contribution in [0.4, 0.5) is 0 Å². The van der Waals surface area contributed by atoms with Gasteiger partial charge in [0.05, 0.1) is 11.9 Å². The molecule has 2 aromatic rings. The van der Waals surface area contributed by atoms with Gasteiger partial charge in [0, 0.05) is 36.3 Å². The lowest BCUT2D eigenvalue weighted by atomic mass is 10.2. The highest BCUT2D eigenvalue weighted by Gasteiger charge is 2.09. The Labute approximate surface area is 111 Å². The Morgan fingerprint density at radius 1 is 1.44 bits per heavy atom. The molecule has 0 saturated heterocycles. The summed E-state index contributed by atoms with van der Waals surface area (Å²) in [6.45, 7) is 5.63. The molecular weight excluding hydrogens is 246 g/mol. The number of nitrogens with zero attached hydrogens (tertiary/aromatic N) is 4. The molecule has 96 valence electrons. The fourth-order valence-electron chi connectivity index (χ4n) is 1.73. The highest BCUT2D eigenvalue weighted by molar-refractivity contribution is 7.99. The first-order valence-electron chi connectivity index (χ1n) is 5.95. The van der Waals surface area contributed by atoms with Gasteiger partial charge in [-0.15, -0.1) is 0 Å². The Bertz CT molecular complexity index is 523. The zero-order chi connectivity index (χ0) is 13.0. The Balaban J connectivity index is 2.29. The second kappa shape index (κ2) is 5.97. The topological polar surface area (TPSA) is 69.6 Å². The molecular formula is C12H17N5S. The van der Waals surface area contributed by atoms with Crippen molar-refractivity contribution < 1.29 is 0 Å². The Morgan fingerprint density at radius 2 is 2.28 bits per heavy atom. The van der Waals surface area contributed by atoms with E-state index in [0.717, 1.165) is 34.4 Å². The number of nitrogens with two attached hydrogens (primary N) is 1. The van der Waals surface area contributed by atoms with Crippen molar-refractivity contribution in [2.75, 3.05) is 12.3 Å². The smallest absolute Gasteiger partial charge is 0.188 e. The second-order valence-electron chi connectivity index (χ2n) is 3.82. The van der Waals surface area contributed by atoms with E-state index < -0.39 is 0 Å². The molecule has 0 aliphatic rings. The van der Waals surface area contributed by atoms with Crippen LogP contribution in [0.25, 0.3) is 11.3 Å². The molecule has 0 bridgehead atoms. The molecule has 0 spiro atoms. The summed E-state index contributed by atoms with van der Waals surface area (Å²) in [7, 11) is 0. The van der Waals surface area contributed by atoms with Crippen molar-refractivity contribution in [2.24, 2.45) is 5.73 Å². The Hall–Kier alpha value is -1.40. The Kier molecular flexibility index (Phi) is 4.33. The molecule has 18 heavy (non-hydrogen) atoms. The van der Waals surface area contributed by atoms with Gasteiger partial charge >= 0.3 is 0 Å². The first-order valence-corrected chi connectivity index (χ1v) is 6.93. The normalized spacial score (nSPS) is 10.8. The molecule has 2 N–H and O–H groups in total. The largest absolute Gasteiger partial charge is 0.330 e. The lowest BCUT2D eigenvalue weighted by molar-refractivity contribution is 0.640. The summed E-state index contributed by atoms with van der Waals surface area (Å²) < 4.78 is 1.96. The van der Waals surface area contributed by atoms with E-state index >= 15 is 0 Å². The first-order chi connectivity index (χ1) is 8.76. The number of rotatable bonds is 5. The number of hydrogen-bond donors (Lipinski definition) is 1. The van der Waals surface area contributed by atoms with Gasteiger partial charge in [-0.25, -0.2) is 9.97 Å².